The van der Waals surface area contributed by atoms with E-state index in [4.69, 9.17) is 4.74 Å². The highest BCUT2D eigenvalue weighted by atomic mass is 32.2. The summed E-state index contributed by atoms with van der Waals surface area (Å²) < 4.78 is 32.4. The minimum atomic E-state index is -3.55. The van der Waals surface area contributed by atoms with Gasteiger partial charge in [-0.05, 0) is 24.3 Å². The number of thiophene rings is 1. The van der Waals surface area contributed by atoms with Crippen molar-refractivity contribution >= 4 is 38.6 Å². The number of nitrogens with zero attached hydrogens (tertiary/aromatic N) is 4. The maximum Gasteiger partial charge on any atom is 0.269 e. The molecule has 10 nitrogen and oxygen atoms in total. The third kappa shape index (κ3) is 4.93. The number of non-ortho nitro benzene ring substituents is 1. The van der Waals surface area contributed by atoms with E-state index in [2.05, 4.69) is 4.90 Å². The van der Waals surface area contributed by atoms with Gasteiger partial charge in [-0.2, -0.15) is 4.31 Å². The minimum absolute atomic E-state index is 0.0366. The monoisotopic (exact) mass is 480 g/mol. The number of nitro benzene ring substituents is 1. The van der Waals surface area contributed by atoms with Crippen LogP contribution in [0.2, 0.25) is 0 Å². The Kier molecular flexibility index (Phi) is 6.74. The Labute approximate surface area is 190 Å². The van der Waals surface area contributed by atoms with Crippen molar-refractivity contribution in [1.29, 1.82) is 0 Å². The van der Waals surface area contributed by atoms with Gasteiger partial charge in [0.1, 0.15) is 4.21 Å². The number of amides is 1. The van der Waals surface area contributed by atoms with Crippen LogP contribution in [-0.2, 0) is 26.0 Å². The number of anilines is 1. The van der Waals surface area contributed by atoms with E-state index in [1.807, 2.05) is 0 Å². The molecule has 0 spiro atoms. The molecule has 1 amide bonds. The normalized spacial score (nSPS) is 18.0. The summed E-state index contributed by atoms with van der Waals surface area (Å²) in [5, 5.41) is 10.8. The molecule has 4 rings (SSSR count). The molecule has 0 aliphatic carbocycles. The first kappa shape index (κ1) is 22.6. The third-order valence-electron chi connectivity index (χ3n) is 5.58. The Morgan fingerprint density at radius 2 is 1.66 bits per heavy atom. The topological polar surface area (TPSA) is 113 Å². The van der Waals surface area contributed by atoms with Gasteiger partial charge >= 0.3 is 0 Å². The van der Waals surface area contributed by atoms with Gasteiger partial charge in [0.05, 0.1) is 24.6 Å². The molecule has 32 heavy (non-hydrogen) atoms. The number of piperazine rings is 1. The van der Waals surface area contributed by atoms with Crippen LogP contribution in [0.1, 0.15) is 4.88 Å². The second kappa shape index (κ2) is 9.53. The summed E-state index contributed by atoms with van der Waals surface area (Å²) in [6.07, 6.45) is 0.167. The number of hydrogen-bond donors (Lipinski definition) is 0. The summed E-state index contributed by atoms with van der Waals surface area (Å²) in [6.45, 7) is 3.81. The Morgan fingerprint density at radius 1 is 1.00 bits per heavy atom. The molecule has 3 heterocycles. The highest BCUT2D eigenvalue weighted by Crippen LogP contribution is 2.27. The van der Waals surface area contributed by atoms with E-state index in [1.54, 1.807) is 29.2 Å². The van der Waals surface area contributed by atoms with Crippen LogP contribution in [0.15, 0.2) is 40.6 Å². The molecule has 2 aliphatic heterocycles. The van der Waals surface area contributed by atoms with Crippen molar-refractivity contribution in [2.45, 2.75) is 10.6 Å². The fraction of sp³-hybridized carbons (Fsp3) is 0.450. The van der Waals surface area contributed by atoms with Gasteiger partial charge in [-0.15, -0.1) is 11.3 Å². The lowest BCUT2D eigenvalue weighted by molar-refractivity contribution is -0.384. The van der Waals surface area contributed by atoms with Crippen molar-refractivity contribution in [2.24, 2.45) is 0 Å². The summed E-state index contributed by atoms with van der Waals surface area (Å²) in [7, 11) is -3.55. The smallest absolute Gasteiger partial charge is 0.269 e. The SMILES string of the molecule is O=C(Cc1ccc(S(=O)(=O)N2CCOCC2)s1)N1CCN(c2ccc([N+](=O)[O-])cc2)CC1. The van der Waals surface area contributed by atoms with Crippen molar-refractivity contribution in [3.8, 4) is 0 Å². The molecule has 0 saturated carbocycles. The Hall–Kier alpha value is -2.54. The predicted octanol–water partition coefficient (Wildman–Crippen LogP) is 1.57. The molecule has 2 saturated heterocycles. The van der Waals surface area contributed by atoms with Gasteiger partial charge in [-0.25, -0.2) is 8.42 Å². The zero-order valence-electron chi connectivity index (χ0n) is 17.4. The van der Waals surface area contributed by atoms with Gasteiger partial charge in [-0.3, -0.25) is 14.9 Å². The maximum atomic E-state index is 12.8. The highest BCUT2D eigenvalue weighted by molar-refractivity contribution is 7.91. The lowest BCUT2D eigenvalue weighted by atomic mass is 10.2. The average Bonchev–Trinajstić information content (AvgIpc) is 3.29. The Bertz CT molecular complexity index is 1070. The lowest BCUT2D eigenvalue weighted by Gasteiger charge is -2.36. The van der Waals surface area contributed by atoms with Gasteiger partial charge < -0.3 is 14.5 Å². The molecule has 2 aromatic rings. The third-order valence-corrected chi connectivity index (χ3v) is 9.04. The van der Waals surface area contributed by atoms with Gasteiger partial charge in [-0.1, -0.05) is 0 Å². The second-order valence-electron chi connectivity index (χ2n) is 7.56. The Balaban J connectivity index is 1.32. The molecule has 0 bridgehead atoms. The number of ether oxygens (including phenoxy) is 1. The summed E-state index contributed by atoms with van der Waals surface area (Å²) in [4.78, 5) is 27.7. The van der Waals surface area contributed by atoms with Crippen molar-refractivity contribution in [3.63, 3.8) is 0 Å². The van der Waals surface area contributed by atoms with Crippen molar-refractivity contribution in [2.75, 3.05) is 57.4 Å². The molecule has 2 fully saturated rings. The summed E-state index contributed by atoms with van der Waals surface area (Å²) in [5.41, 5.74) is 0.937. The van der Waals surface area contributed by atoms with Crippen molar-refractivity contribution < 1.29 is 22.9 Å². The van der Waals surface area contributed by atoms with E-state index >= 15 is 0 Å². The number of carbonyl (C=O) groups is 1. The molecule has 172 valence electrons. The van der Waals surface area contributed by atoms with Crippen LogP contribution in [0.3, 0.4) is 0 Å². The zero-order valence-corrected chi connectivity index (χ0v) is 19.0. The largest absolute Gasteiger partial charge is 0.379 e. The molecule has 0 radical (unpaired) electrons. The van der Waals surface area contributed by atoms with Crippen molar-refractivity contribution in [1.82, 2.24) is 9.21 Å². The number of carbonyl (C=O) groups excluding carboxylic acids is 1. The van der Waals surface area contributed by atoms with Crippen LogP contribution in [-0.4, -0.2) is 80.9 Å². The molecular formula is C20H24N4O6S2. The van der Waals surface area contributed by atoms with Gasteiger partial charge in [0.15, 0.2) is 0 Å². The van der Waals surface area contributed by atoms with Crippen LogP contribution in [0.4, 0.5) is 11.4 Å². The molecule has 2 aliphatic rings. The molecule has 12 heteroatoms. The fourth-order valence-corrected chi connectivity index (χ4v) is 6.68. The molecule has 0 N–H and O–H groups in total. The Morgan fingerprint density at radius 3 is 2.28 bits per heavy atom. The van der Waals surface area contributed by atoms with Crippen LogP contribution in [0.5, 0.6) is 0 Å². The number of nitro groups is 1. The number of hydrogen-bond acceptors (Lipinski definition) is 8. The van der Waals surface area contributed by atoms with Crippen molar-refractivity contribution in [3.05, 3.63) is 51.4 Å². The quantitative estimate of drug-likeness (QED) is 0.455. The molecule has 1 aromatic carbocycles. The van der Waals surface area contributed by atoms with E-state index in [9.17, 15) is 23.3 Å². The van der Waals surface area contributed by atoms with Gasteiger partial charge in [0.2, 0.25) is 5.91 Å². The van der Waals surface area contributed by atoms with E-state index in [-0.39, 0.29) is 22.2 Å². The zero-order chi connectivity index (χ0) is 22.7. The van der Waals surface area contributed by atoms with E-state index in [0.717, 1.165) is 21.9 Å². The number of sulfonamides is 1. The van der Waals surface area contributed by atoms with Crippen LogP contribution in [0.25, 0.3) is 0 Å². The molecular weight excluding hydrogens is 456 g/mol. The number of morpholine rings is 1. The van der Waals surface area contributed by atoms with Gasteiger partial charge in [0.25, 0.3) is 15.7 Å². The fourth-order valence-electron chi connectivity index (χ4n) is 3.77. The molecule has 0 atom stereocenters. The van der Waals surface area contributed by atoms with E-state index < -0.39 is 14.9 Å². The first-order chi connectivity index (χ1) is 15.3. The highest BCUT2D eigenvalue weighted by Gasteiger charge is 2.28. The van der Waals surface area contributed by atoms with Gasteiger partial charge in [0, 0.05) is 62.0 Å². The second-order valence-corrected chi connectivity index (χ2v) is 10.9. The average molecular weight is 481 g/mol. The van der Waals surface area contributed by atoms with Crippen LogP contribution < -0.4 is 4.90 Å². The molecule has 1 aromatic heterocycles. The number of benzene rings is 1. The first-order valence-corrected chi connectivity index (χ1v) is 12.5. The van der Waals surface area contributed by atoms with E-state index in [0.29, 0.717) is 52.5 Å². The summed E-state index contributed by atoms with van der Waals surface area (Å²) in [6, 6.07) is 9.68. The summed E-state index contributed by atoms with van der Waals surface area (Å²) >= 11 is 1.14. The predicted molar refractivity (Wildman–Crippen MR) is 119 cm³/mol. The lowest BCUT2D eigenvalue weighted by Crippen LogP contribution is -2.49. The minimum Gasteiger partial charge on any atom is -0.379 e. The standard InChI is InChI=1S/C20H24N4O6S2/c25-19(15-18-5-6-20(31-18)32(28,29)23-11-13-30-14-12-23)22-9-7-21(8-10-22)16-1-3-17(4-2-16)24(26)27/h1-6H,7-15H2. The van der Waals surface area contributed by atoms with Crippen LogP contribution in [0, 0.1) is 10.1 Å². The number of rotatable bonds is 6. The van der Waals surface area contributed by atoms with Crippen LogP contribution >= 0.6 is 11.3 Å². The first-order valence-electron chi connectivity index (χ1n) is 10.3. The summed E-state index contributed by atoms with van der Waals surface area (Å²) in [5.74, 6) is -0.0366. The van der Waals surface area contributed by atoms with E-state index in [1.165, 1.54) is 16.4 Å². The molecule has 0 unspecified atom stereocenters. The maximum absolute atomic E-state index is 12.8.